The lowest BCUT2D eigenvalue weighted by atomic mass is 10.3. The standard InChI is InChI=1S/C6H7O4P/c7-4-1-5(8)3-6(2-4)11(9)10/h1-3,7-8,11H,(H,9,10). The molecule has 0 heterocycles. The fourth-order valence-corrected chi connectivity index (χ4v) is 1.26. The van der Waals surface area contributed by atoms with Crippen LogP contribution in [0.25, 0.3) is 0 Å². The maximum atomic E-state index is 10.5. The Morgan fingerprint density at radius 1 is 1.09 bits per heavy atom. The van der Waals surface area contributed by atoms with E-state index < -0.39 is 8.03 Å². The Bertz CT molecular complexity index is 276. The van der Waals surface area contributed by atoms with Crippen LogP contribution in [0.4, 0.5) is 0 Å². The second-order valence-electron chi connectivity index (χ2n) is 2.04. The summed E-state index contributed by atoms with van der Waals surface area (Å²) in [6.07, 6.45) is 0. The fourth-order valence-electron chi connectivity index (χ4n) is 0.719. The van der Waals surface area contributed by atoms with Gasteiger partial charge in [-0.25, -0.2) is 0 Å². The molecule has 0 radical (unpaired) electrons. The number of phenols is 2. The summed E-state index contributed by atoms with van der Waals surface area (Å²) in [4.78, 5) is 8.60. The van der Waals surface area contributed by atoms with E-state index in [2.05, 4.69) is 0 Å². The Kier molecular flexibility index (Phi) is 2.17. The molecule has 60 valence electrons. The van der Waals surface area contributed by atoms with Crippen LogP contribution in [0.2, 0.25) is 0 Å². The van der Waals surface area contributed by atoms with Crippen molar-refractivity contribution in [2.24, 2.45) is 0 Å². The van der Waals surface area contributed by atoms with E-state index in [0.29, 0.717) is 0 Å². The normalized spacial score (nSPS) is 12.8. The zero-order chi connectivity index (χ0) is 8.43. The quantitative estimate of drug-likeness (QED) is 0.531. The first kappa shape index (κ1) is 8.11. The van der Waals surface area contributed by atoms with Crippen LogP contribution in [-0.4, -0.2) is 15.1 Å². The van der Waals surface area contributed by atoms with Crippen LogP contribution < -0.4 is 5.30 Å². The summed E-state index contributed by atoms with van der Waals surface area (Å²) < 4.78 is 10.5. The highest BCUT2D eigenvalue weighted by Crippen LogP contribution is 2.21. The van der Waals surface area contributed by atoms with Gasteiger partial charge < -0.3 is 15.1 Å². The minimum atomic E-state index is -2.83. The number of hydrogen-bond acceptors (Lipinski definition) is 3. The van der Waals surface area contributed by atoms with Crippen molar-refractivity contribution >= 4 is 13.3 Å². The molecule has 3 N–H and O–H groups in total. The molecule has 1 atom stereocenters. The first-order valence-corrected chi connectivity index (χ1v) is 4.21. The number of aromatic hydroxyl groups is 2. The summed E-state index contributed by atoms with van der Waals surface area (Å²) in [6.45, 7) is 0. The Hall–Kier alpha value is -0.990. The fraction of sp³-hybridized carbons (Fsp3) is 0. The molecule has 4 nitrogen and oxygen atoms in total. The van der Waals surface area contributed by atoms with Crippen molar-refractivity contribution < 1.29 is 19.7 Å². The molecule has 0 aromatic heterocycles. The smallest absolute Gasteiger partial charge is 0.218 e. The van der Waals surface area contributed by atoms with Gasteiger partial charge in [0.2, 0.25) is 8.03 Å². The van der Waals surface area contributed by atoms with Gasteiger partial charge in [0.25, 0.3) is 0 Å². The molecule has 0 bridgehead atoms. The third-order valence-corrected chi connectivity index (χ3v) is 1.93. The average molecular weight is 174 g/mol. The number of rotatable bonds is 1. The van der Waals surface area contributed by atoms with Gasteiger partial charge in [-0.1, -0.05) is 0 Å². The molecule has 0 aliphatic carbocycles. The van der Waals surface area contributed by atoms with E-state index in [1.807, 2.05) is 0 Å². The average Bonchev–Trinajstić information content (AvgIpc) is 1.85. The molecular formula is C6H7O4P. The summed E-state index contributed by atoms with van der Waals surface area (Å²) in [5.41, 5.74) is 0. The predicted octanol–water partition coefficient (Wildman–Crippen LogP) is 0.190. The summed E-state index contributed by atoms with van der Waals surface area (Å²) in [7, 11) is -2.83. The lowest BCUT2D eigenvalue weighted by molar-refractivity contribution is 0.450. The summed E-state index contributed by atoms with van der Waals surface area (Å²) in [6, 6.07) is 3.37. The van der Waals surface area contributed by atoms with E-state index in [1.54, 1.807) is 0 Å². The molecule has 11 heavy (non-hydrogen) atoms. The van der Waals surface area contributed by atoms with E-state index in [9.17, 15) is 4.57 Å². The van der Waals surface area contributed by atoms with Crippen LogP contribution in [0, 0.1) is 0 Å². The van der Waals surface area contributed by atoms with Crippen molar-refractivity contribution in [2.75, 3.05) is 0 Å². The van der Waals surface area contributed by atoms with Crippen molar-refractivity contribution in [1.82, 2.24) is 0 Å². The van der Waals surface area contributed by atoms with Crippen LogP contribution in [0.5, 0.6) is 11.5 Å². The van der Waals surface area contributed by atoms with E-state index in [-0.39, 0.29) is 16.8 Å². The topological polar surface area (TPSA) is 77.8 Å². The van der Waals surface area contributed by atoms with E-state index in [1.165, 1.54) is 0 Å². The van der Waals surface area contributed by atoms with Gasteiger partial charge in [0.1, 0.15) is 11.5 Å². The van der Waals surface area contributed by atoms with E-state index >= 15 is 0 Å². The minimum absolute atomic E-state index is 0.0486. The van der Waals surface area contributed by atoms with E-state index in [4.69, 9.17) is 15.1 Å². The van der Waals surface area contributed by atoms with Gasteiger partial charge in [-0.2, -0.15) is 0 Å². The van der Waals surface area contributed by atoms with Gasteiger partial charge in [0.05, 0.1) is 0 Å². The lowest BCUT2D eigenvalue weighted by Crippen LogP contribution is -1.93. The highest BCUT2D eigenvalue weighted by Gasteiger charge is 2.02. The number of phenolic OH excluding ortho intramolecular Hbond substituents is 2. The monoisotopic (exact) mass is 174 g/mol. The highest BCUT2D eigenvalue weighted by atomic mass is 31.1. The minimum Gasteiger partial charge on any atom is -0.508 e. The summed E-state index contributed by atoms with van der Waals surface area (Å²) >= 11 is 0. The Balaban J connectivity index is 3.19. The molecule has 0 aliphatic heterocycles. The maximum Gasteiger partial charge on any atom is 0.218 e. The SMILES string of the molecule is O=[PH](O)c1cc(O)cc(O)c1. The molecule has 1 aromatic rings. The summed E-state index contributed by atoms with van der Waals surface area (Å²) in [5, 5.41) is 17.7. The van der Waals surface area contributed by atoms with Gasteiger partial charge in [0.15, 0.2) is 0 Å². The molecule has 0 saturated carbocycles. The third kappa shape index (κ3) is 1.97. The first-order valence-electron chi connectivity index (χ1n) is 2.86. The summed E-state index contributed by atoms with van der Waals surface area (Å²) in [5.74, 6) is -0.431. The largest absolute Gasteiger partial charge is 0.508 e. The van der Waals surface area contributed by atoms with Gasteiger partial charge in [-0.3, -0.25) is 4.57 Å². The van der Waals surface area contributed by atoms with Crippen LogP contribution in [0.1, 0.15) is 0 Å². The Morgan fingerprint density at radius 2 is 1.55 bits per heavy atom. The van der Waals surface area contributed by atoms with Crippen LogP contribution >= 0.6 is 8.03 Å². The van der Waals surface area contributed by atoms with Gasteiger partial charge in [0, 0.05) is 11.4 Å². The van der Waals surface area contributed by atoms with Crippen molar-refractivity contribution in [3.05, 3.63) is 18.2 Å². The van der Waals surface area contributed by atoms with Crippen LogP contribution in [0.15, 0.2) is 18.2 Å². The molecule has 0 fully saturated rings. The van der Waals surface area contributed by atoms with Crippen molar-refractivity contribution in [2.45, 2.75) is 0 Å². The van der Waals surface area contributed by atoms with Crippen LogP contribution in [-0.2, 0) is 4.57 Å². The molecule has 1 unspecified atom stereocenters. The lowest BCUT2D eigenvalue weighted by Gasteiger charge is -1.97. The third-order valence-electron chi connectivity index (χ3n) is 1.15. The molecule has 0 amide bonds. The Labute approximate surface area is 63.6 Å². The predicted molar refractivity (Wildman–Crippen MR) is 40.6 cm³/mol. The highest BCUT2D eigenvalue weighted by molar-refractivity contribution is 7.47. The number of benzene rings is 1. The number of hydrogen-bond donors (Lipinski definition) is 3. The van der Waals surface area contributed by atoms with Gasteiger partial charge in [-0.05, 0) is 12.1 Å². The molecule has 1 rings (SSSR count). The van der Waals surface area contributed by atoms with Crippen molar-refractivity contribution in [3.63, 3.8) is 0 Å². The zero-order valence-corrected chi connectivity index (χ0v) is 6.48. The molecular weight excluding hydrogens is 167 g/mol. The molecule has 1 aromatic carbocycles. The first-order chi connectivity index (χ1) is 5.09. The molecule has 0 aliphatic rings. The Morgan fingerprint density at radius 3 is 1.91 bits per heavy atom. The second-order valence-corrected chi connectivity index (χ2v) is 3.23. The van der Waals surface area contributed by atoms with E-state index in [0.717, 1.165) is 18.2 Å². The van der Waals surface area contributed by atoms with Gasteiger partial charge in [-0.15, -0.1) is 0 Å². The zero-order valence-electron chi connectivity index (χ0n) is 5.48. The molecule has 5 heteroatoms. The van der Waals surface area contributed by atoms with Gasteiger partial charge >= 0.3 is 0 Å². The van der Waals surface area contributed by atoms with Crippen molar-refractivity contribution in [3.8, 4) is 11.5 Å². The van der Waals surface area contributed by atoms with Crippen LogP contribution in [0.3, 0.4) is 0 Å². The maximum absolute atomic E-state index is 10.5. The molecule has 0 saturated heterocycles. The second kappa shape index (κ2) is 2.95. The van der Waals surface area contributed by atoms with Crippen molar-refractivity contribution in [1.29, 1.82) is 0 Å². The molecule has 0 spiro atoms.